The molecule has 5 aliphatic heterocycles. The highest BCUT2D eigenvalue weighted by Gasteiger charge is 2.93. The van der Waals surface area contributed by atoms with Gasteiger partial charge < -0.3 is 43.0 Å². The van der Waals surface area contributed by atoms with E-state index in [2.05, 4.69) is 0 Å². The number of ketones is 1. The molecule has 37 heavy (non-hydrogen) atoms. The Morgan fingerprint density at radius 3 is 2.59 bits per heavy atom. The zero-order valence-electron chi connectivity index (χ0n) is 20.9. The van der Waals surface area contributed by atoms with Crippen LogP contribution < -0.4 is 9.47 Å². The molecular weight excluding hydrogens is 484 g/mol. The van der Waals surface area contributed by atoms with E-state index in [1.165, 1.54) is 0 Å². The molecule has 0 radical (unpaired) electrons. The normalized spacial score (nSPS) is 37.5. The number of rotatable bonds is 3. The molecule has 4 fully saturated rings. The van der Waals surface area contributed by atoms with Crippen molar-refractivity contribution in [1.29, 1.82) is 0 Å². The topological polar surface area (TPSA) is 114 Å². The summed E-state index contributed by atoms with van der Waals surface area (Å²) < 4.78 is 50.0. The lowest BCUT2D eigenvalue weighted by Crippen LogP contribution is -2.70. The number of hydrogen-bond acceptors (Lipinski definition) is 10. The quantitative estimate of drug-likeness (QED) is 0.616. The van der Waals surface area contributed by atoms with Crippen molar-refractivity contribution in [2.24, 2.45) is 0 Å². The molecule has 6 aliphatic rings. The highest BCUT2D eigenvalue weighted by atomic mass is 16.9. The minimum Gasteiger partial charge on any atom is -0.506 e. The molecule has 3 unspecified atom stereocenters. The summed E-state index contributed by atoms with van der Waals surface area (Å²) in [5.41, 5.74) is 1.50. The highest BCUT2D eigenvalue weighted by Crippen LogP contribution is 2.72. The molecule has 0 aromatic heterocycles. The number of fused-ring (bicyclic) bond motifs is 8. The number of benzene rings is 2. The van der Waals surface area contributed by atoms with E-state index in [0.29, 0.717) is 60.3 Å². The number of carbonyl (C=O) groups excluding carboxylic acids is 1. The molecule has 5 heterocycles. The average Bonchev–Trinajstić information content (AvgIpc) is 3.56. The Balaban J connectivity index is 1.40. The third-order valence-electron chi connectivity index (χ3n) is 8.93. The number of Topliss-reactive ketones (excluding diaryl/α,β-unsaturated/α-hetero) is 1. The first-order valence-electron chi connectivity index (χ1n) is 12.8. The Bertz CT molecular complexity index is 1380. The van der Waals surface area contributed by atoms with Crippen molar-refractivity contribution in [2.45, 2.75) is 68.3 Å². The van der Waals surface area contributed by atoms with Gasteiger partial charge in [0.25, 0.3) is 11.6 Å². The van der Waals surface area contributed by atoms with E-state index in [0.717, 1.165) is 23.1 Å². The SMILES string of the molecule is COc1c2c(c(O)c3c4c(c(C)cc13)C1OC3(C5OCCCO5)OC1[C@@](OC)(O4)[C@@]31CO1)C(=O)CCC2. The van der Waals surface area contributed by atoms with Crippen LogP contribution >= 0.6 is 0 Å². The summed E-state index contributed by atoms with van der Waals surface area (Å²) in [5, 5.41) is 12.7. The number of aromatic hydroxyl groups is 1. The van der Waals surface area contributed by atoms with Crippen LogP contribution in [0.2, 0.25) is 0 Å². The Hall–Kier alpha value is -2.47. The van der Waals surface area contributed by atoms with Crippen LogP contribution in [0, 0.1) is 6.92 Å². The summed E-state index contributed by atoms with van der Waals surface area (Å²) in [7, 11) is 3.13. The summed E-state index contributed by atoms with van der Waals surface area (Å²) in [6.45, 7) is 3.24. The number of phenolic OH excluding ortho intramolecular Hbond substituents is 1. The first kappa shape index (κ1) is 22.5. The van der Waals surface area contributed by atoms with Crippen LogP contribution in [0.5, 0.6) is 17.2 Å². The molecule has 2 aromatic carbocycles. The minimum atomic E-state index is -1.38. The number of hydrogen-bond donors (Lipinski definition) is 1. The lowest BCUT2D eigenvalue weighted by Gasteiger charge is -2.49. The molecule has 196 valence electrons. The third kappa shape index (κ3) is 2.37. The van der Waals surface area contributed by atoms with Gasteiger partial charge in [-0.2, -0.15) is 0 Å². The van der Waals surface area contributed by atoms with Gasteiger partial charge in [-0.3, -0.25) is 4.79 Å². The van der Waals surface area contributed by atoms with Gasteiger partial charge in [-0.1, -0.05) is 0 Å². The number of methoxy groups -OCH3 is 2. The number of epoxide rings is 1. The summed E-state index contributed by atoms with van der Waals surface area (Å²) in [5.74, 6) is -2.01. The summed E-state index contributed by atoms with van der Waals surface area (Å²) in [4.78, 5) is 13.0. The van der Waals surface area contributed by atoms with E-state index >= 15 is 0 Å². The number of carbonyl (C=O) groups is 1. The Kier molecular flexibility index (Phi) is 4.34. The molecule has 1 N–H and O–H groups in total. The summed E-state index contributed by atoms with van der Waals surface area (Å²) in [6.07, 6.45) is 0.427. The van der Waals surface area contributed by atoms with Crippen LogP contribution in [0.1, 0.15) is 52.4 Å². The lowest BCUT2D eigenvalue weighted by atomic mass is 9.78. The molecule has 1 aliphatic carbocycles. The van der Waals surface area contributed by atoms with Crippen molar-refractivity contribution < 1.29 is 47.8 Å². The number of phenols is 1. The zero-order valence-corrected chi connectivity index (χ0v) is 20.9. The maximum atomic E-state index is 13.0. The second kappa shape index (κ2) is 7.13. The van der Waals surface area contributed by atoms with Crippen LogP contribution in [0.15, 0.2) is 6.07 Å². The third-order valence-corrected chi connectivity index (χ3v) is 8.93. The first-order chi connectivity index (χ1) is 17.9. The molecule has 2 bridgehead atoms. The molecule has 5 atom stereocenters. The molecule has 1 spiro atoms. The van der Waals surface area contributed by atoms with E-state index in [1.54, 1.807) is 14.2 Å². The molecule has 4 saturated heterocycles. The van der Waals surface area contributed by atoms with Crippen LogP contribution in [-0.2, 0) is 34.8 Å². The predicted octanol–water partition coefficient (Wildman–Crippen LogP) is 2.81. The van der Waals surface area contributed by atoms with Crippen LogP contribution in [0.3, 0.4) is 0 Å². The largest absolute Gasteiger partial charge is 0.506 e. The predicted molar refractivity (Wildman–Crippen MR) is 125 cm³/mol. The average molecular weight is 513 g/mol. The molecular formula is C27H28O10. The van der Waals surface area contributed by atoms with Crippen molar-refractivity contribution in [3.8, 4) is 17.2 Å². The molecule has 8 rings (SSSR count). The summed E-state index contributed by atoms with van der Waals surface area (Å²) >= 11 is 0. The van der Waals surface area contributed by atoms with Crippen molar-refractivity contribution in [3.05, 3.63) is 28.3 Å². The van der Waals surface area contributed by atoms with Crippen LogP contribution in [-0.4, -0.2) is 74.5 Å². The van der Waals surface area contributed by atoms with Gasteiger partial charge in [0.15, 0.2) is 11.9 Å². The maximum absolute atomic E-state index is 13.0. The molecule has 2 aromatic rings. The Morgan fingerprint density at radius 1 is 1.11 bits per heavy atom. The number of aryl methyl sites for hydroxylation is 1. The number of ether oxygens (including phenoxy) is 8. The standard InChI is InChI=1S/C27H28O10/c1-12-10-14-18(19(29)17-13(20(14)30-2)6-4-7-15(17)28)21-16(12)22-23-26(31-3,35-21)25(11-34-25)27(36-22,37-23)24-32-8-5-9-33-24/h10,22-24,29H,4-9,11H2,1-3H3/t22?,23?,25-,26+,27?/m0/s1. The van der Waals surface area contributed by atoms with E-state index < -0.39 is 35.7 Å². The fourth-order valence-electron chi connectivity index (χ4n) is 7.32. The van der Waals surface area contributed by atoms with Gasteiger partial charge in [-0.05, 0) is 37.8 Å². The molecule has 10 heteroatoms. The van der Waals surface area contributed by atoms with Crippen molar-refractivity contribution in [1.82, 2.24) is 0 Å². The van der Waals surface area contributed by atoms with Crippen LogP contribution in [0.4, 0.5) is 0 Å². The highest BCUT2D eigenvalue weighted by molar-refractivity contribution is 6.11. The van der Waals surface area contributed by atoms with Gasteiger partial charge in [0.1, 0.15) is 23.4 Å². The first-order valence-corrected chi connectivity index (χ1v) is 12.8. The fraction of sp³-hybridized carbons (Fsp3) is 0.593. The summed E-state index contributed by atoms with van der Waals surface area (Å²) in [6, 6.07) is 1.95. The van der Waals surface area contributed by atoms with Gasteiger partial charge in [-0.25, -0.2) is 0 Å². The molecule has 0 amide bonds. The second-order valence-corrected chi connectivity index (χ2v) is 10.6. The Morgan fingerprint density at radius 2 is 1.89 bits per heavy atom. The van der Waals surface area contributed by atoms with Gasteiger partial charge >= 0.3 is 0 Å². The van der Waals surface area contributed by atoms with Gasteiger partial charge in [-0.15, -0.1) is 0 Å². The van der Waals surface area contributed by atoms with E-state index in [-0.39, 0.29) is 18.1 Å². The Labute approximate surface area is 212 Å². The van der Waals surface area contributed by atoms with Crippen LogP contribution in [0.25, 0.3) is 10.8 Å². The van der Waals surface area contributed by atoms with E-state index in [9.17, 15) is 9.90 Å². The zero-order chi connectivity index (χ0) is 25.3. The van der Waals surface area contributed by atoms with Gasteiger partial charge in [0, 0.05) is 30.0 Å². The maximum Gasteiger partial charge on any atom is 0.277 e. The van der Waals surface area contributed by atoms with E-state index in [4.69, 9.17) is 37.9 Å². The second-order valence-electron chi connectivity index (χ2n) is 10.6. The van der Waals surface area contributed by atoms with Gasteiger partial charge in [0.2, 0.25) is 11.9 Å². The van der Waals surface area contributed by atoms with Crippen molar-refractivity contribution in [3.63, 3.8) is 0 Å². The van der Waals surface area contributed by atoms with Gasteiger partial charge in [0.05, 0.1) is 37.9 Å². The van der Waals surface area contributed by atoms with Crippen molar-refractivity contribution >= 4 is 16.6 Å². The fourth-order valence-corrected chi connectivity index (χ4v) is 7.32. The lowest BCUT2D eigenvalue weighted by molar-refractivity contribution is -0.365. The minimum absolute atomic E-state index is 0.106. The van der Waals surface area contributed by atoms with Crippen molar-refractivity contribution in [2.75, 3.05) is 34.0 Å². The molecule has 10 nitrogen and oxygen atoms in total. The smallest absolute Gasteiger partial charge is 0.277 e. The monoisotopic (exact) mass is 512 g/mol. The van der Waals surface area contributed by atoms with E-state index in [1.807, 2.05) is 13.0 Å². The molecule has 0 saturated carbocycles.